The van der Waals surface area contributed by atoms with Gasteiger partial charge in [-0.05, 0) is 76.9 Å². The van der Waals surface area contributed by atoms with Gasteiger partial charge in [0, 0.05) is 33.4 Å². The molecular formula is C51H34N4. The smallest absolute Gasteiger partial charge is 0.165 e. The van der Waals surface area contributed by atoms with Gasteiger partial charge in [0.25, 0.3) is 0 Å². The second-order valence-corrected chi connectivity index (χ2v) is 14.0. The number of rotatable bonds is 6. The molecule has 0 fully saturated rings. The van der Waals surface area contributed by atoms with E-state index in [1.165, 1.54) is 33.0 Å². The molecule has 11 rings (SSSR count). The Morgan fingerprint density at radius 2 is 0.818 bits per heavy atom. The fraction of sp³-hybridized carbons (Fsp3) is 0. The van der Waals surface area contributed by atoms with E-state index in [9.17, 15) is 0 Å². The molecule has 0 aliphatic heterocycles. The lowest BCUT2D eigenvalue weighted by Gasteiger charge is -2.15. The van der Waals surface area contributed by atoms with Crippen LogP contribution in [0, 0.1) is 0 Å². The predicted molar refractivity (Wildman–Crippen MR) is 229 cm³/mol. The predicted octanol–water partition coefficient (Wildman–Crippen LogP) is 13.1. The molecule has 0 aliphatic carbocycles. The summed E-state index contributed by atoms with van der Waals surface area (Å²) in [5.41, 5.74) is 14.4. The minimum atomic E-state index is 0.903. The lowest BCUT2D eigenvalue weighted by atomic mass is 9.98. The molecule has 3 aromatic heterocycles. The minimum absolute atomic E-state index is 0.903. The van der Waals surface area contributed by atoms with Gasteiger partial charge in [0.05, 0.1) is 21.9 Å². The average Bonchev–Trinajstić information content (AvgIpc) is 3.92. The van der Waals surface area contributed by atoms with Gasteiger partial charge in [-0.15, -0.1) is 0 Å². The summed E-state index contributed by atoms with van der Waals surface area (Å²) in [5, 5.41) is 3.56. The van der Waals surface area contributed by atoms with E-state index in [4.69, 9.17) is 4.98 Å². The van der Waals surface area contributed by atoms with Crippen LogP contribution in [0.25, 0.3) is 94.6 Å². The number of aromatic nitrogens is 4. The Morgan fingerprint density at radius 3 is 1.42 bits per heavy atom. The molecule has 0 amide bonds. The van der Waals surface area contributed by atoms with Crippen molar-refractivity contribution in [1.29, 1.82) is 0 Å². The zero-order valence-corrected chi connectivity index (χ0v) is 29.9. The van der Waals surface area contributed by atoms with Crippen LogP contribution < -0.4 is 0 Å². The topological polar surface area (TPSA) is 27.7 Å². The molecule has 0 unspecified atom stereocenters. The molecule has 0 saturated carbocycles. The van der Waals surface area contributed by atoms with Crippen molar-refractivity contribution in [2.75, 3.05) is 0 Å². The molecular weight excluding hydrogens is 669 g/mol. The number of nitrogens with zero attached hydrogens (tertiary/aromatic N) is 4. The highest BCUT2D eigenvalue weighted by atomic mass is 15.2. The van der Waals surface area contributed by atoms with Gasteiger partial charge in [0.15, 0.2) is 5.65 Å². The zero-order chi connectivity index (χ0) is 36.3. The highest BCUT2D eigenvalue weighted by molar-refractivity contribution is 6.25. The normalized spacial score (nSPS) is 11.6. The van der Waals surface area contributed by atoms with E-state index < -0.39 is 0 Å². The largest absolute Gasteiger partial charge is 0.308 e. The molecule has 0 radical (unpaired) electrons. The third-order valence-corrected chi connectivity index (χ3v) is 10.8. The van der Waals surface area contributed by atoms with E-state index in [1.54, 1.807) is 0 Å². The van der Waals surface area contributed by atoms with Crippen molar-refractivity contribution in [3.05, 3.63) is 206 Å². The summed E-state index contributed by atoms with van der Waals surface area (Å²) in [6.07, 6.45) is 0. The monoisotopic (exact) mass is 702 g/mol. The van der Waals surface area contributed by atoms with Gasteiger partial charge in [-0.25, -0.2) is 4.98 Å². The molecule has 258 valence electrons. The fourth-order valence-electron chi connectivity index (χ4n) is 8.42. The molecule has 4 nitrogen and oxygen atoms in total. The van der Waals surface area contributed by atoms with Crippen molar-refractivity contribution in [3.63, 3.8) is 0 Å². The second-order valence-electron chi connectivity index (χ2n) is 14.0. The first kappa shape index (κ1) is 31.1. The summed E-state index contributed by atoms with van der Waals surface area (Å²) in [6.45, 7) is 0. The molecule has 0 bridgehead atoms. The molecule has 0 N–H and O–H groups in total. The van der Waals surface area contributed by atoms with Crippen LogP contribution in [0.1, 0.15) is 0 Å². The van der Waals surface area contributed by atoms with Crippen LogP contribution in [-0.2, 0) is 0 Å². The summed E-state index contributed by atoms with van der Waals surface area (Å²) in [7, 11) is 0. The van der Waals surface area contributed by atoms with Gasteiger partial charge in [-0.2, -0.15) is 0 Å². The molecule has 55 heavy (non-hydrogen) atoms. The maximum atomic E-state index is 5.56. The van der Waals surface area contributed by atoms with E-state index in [0.717, 1.165) is 61.6 Å². The van der Waals surface area contributed by atoms with Crippen molar-refractivity contribution in [2.45, 2.75) is 0 Å². The van der Waals surface area contributed by atoms with Crippen LogP contribution in [0.2, 0.25) is 0 Å². The number of imidazole rings is 1. The summed E-state index contributed by atoms with van der Waals surface area (Å²) < 4.78 is 7.20. The number of hydrogen-bond donors (Lipinski definition) is 0. The van der Waals surface area contributed by atoms with Crippen LogP contribution in [0.3, 0.4) is 0 Å². The van der Waals surface area contributed by atoms with Crippen molar-refractivity contribution in [2.24, 2.45) is 0 Å². The summed E-state index contributed by atoms with van der Waals surface area (Å²) in [5.74, 6) is 0.903. The van der Waals surface area contributed by atoms with Crippen LogP contribution in [0.15, 0.2) is 206 Å². The highest BCUT2D eigenvalue weighted by Gasteiger charge is 2.27. The van der Waals surface area contributed by atoms with Crippen molar-refractivity contribution < 1.29 is 0 Å². The lowest BCUT2D eigenvalue weighted by Crippen LogP contribution is -2.00. The lowest BCUT2D eigenvalue weighted by molar-refractivity contribution is 1.10. The first-order valence-corrected chi connectivity index (χ1v) is 18.7. The van der Waals surface area contributed by atoms with E-state index in [1.807, 2.05) is 0 Å². The second kappa shape index (κ2) is 12.6. The Hall–Kier alpha value is -7.43. The number of hydrogen-bond acceptors (Lipinski definition) is 1. The van der Waals surface area contributed by atoms with Gasteiger partial charge in [0.1, 0.15) is 11.3 Å². The average molecular weight is 703 g/mol. The summed E-state index contributed by atoms with van der Waals surface area (Å²) in [6, 6.07) is 73.7. The molecule has 0 atom stereocenters. The maximum Gasteiger partial charge on any atom is 0.165 e. The summed E-state index contributed by atoms with van der Waals surface area (Å²) in [4.78, 5) is 5.56. The van der Waals surface area contributed by atoms with Crippen LogP contribution in [0.5, 0.6) is 0 Å². The van der Waals surface area contributed by atoms with Crippen LogP contribution >= 0.6 is 0 Å². The fourth-order valence-corrected chi connectivity index (χ4v) is 8.42. The summed E-state index contributed by atoms with van der Waals surface area (Å²) >= 11 is 0. The van der Waals surface area contributed by atoms with Gasteiger partial charge >= 0.3 is 0 Å². The highest BCUT2D eigenvalue weighted by Crippen LogP contribution is 2.45. The maximum absolute atomic E-state index is 5.56. The van der Waals surface area contributed by atoms with E-state index in [2.05, 4.69) is 220 Å². The van der Waals surface area contributed by atoms with Gasteiger partial charge in [-0.3, -0.25) is 9.13 Å². The quantitative estimate of drug-likeness (QED) is 0.169. The number of para-hydroxylation sites is 3. The molecule has 8 aromatic carbocycles. The van der Waals surface area contributed by atoms with Gasteiger partial charge in [-0.1, -0.05) is 152 Å². The molecule has 0 saturated heterocycles. The zero-order valence-electron chi connectivity index (χ0n) is 29.9. The molecule has 0 aliphatic rings. The standard InChI is InChI=1S/C51H34N4/c1-6-18-35(19-7-1)38-32-39(36-20-8-2-9-21-36)34-42(33-38)53-45-29-17-16-28-43(45)44-30-31-46-47(48(44)53)49-51(54(46)40-24-12-4-13-25-40)52-50(37-22-10-3-11-23-37)55(49)41-26-14-5-15-27-41/h1-34H. The Labute approximate surface area is 318 Å². The first-order valence-electron chi connectivity index (χ1n) is 18.7. The molecule has 0 spiro atoms. The SMILES string of the molecule is c1ccc(-c2cc(-c3ccccc3)cc(-n3c4ccccc4c4ccc5c(c6c(nc(-c7ccccc7)n6-c6ccccc6)n5-c5ccccc5)c43)c2)cc1. The van der Waals surface area contributed by atoms with E-state index in [0.29, 0.717) is 0 Å². The Kier molecular flexibility index (Phi) is 7.14. The van der Waals surface area contributed by atoms with Gasteiger partial charge < -0.3 is 4.57 Å². The van der Waals surface area contributed by atoms with Gasteiger partial charge in [0.2, 0.25) is 0 Å². The minimum Gasteiger partial charge on any atom is -0.308 e. The third kappa shape index (κ3) is 4.96. The first-order chi connectivity index (χ1) is 27.3. The Morgan fingerprint density at radius 1 is 0.309 bits per heavy atom. The molecule has 3 heterocycles. The third-order valence-electron chi connectivity index (χ3n) is 10.8. The van der Waals surface area contributed by atoms with E-state index in [-0.39, 0.29) is 0 Å². The van der Waals surface area contributed by atoms with E-state index >= 15 is 0 Å². The van der Waals surface area contributed by atoms with Crippen LogP contribution in [0.4, 0.5) is 0 Å². The Balaban J connectivity index is 1.35. The molecule has 11 aromatic rings. The Bertz CT molecular complexity index is 3100. The van der Waals surface area contributed by atoms with Crippen molar-refractivity contribution in [1.82, 2.24) is 18.7 Å². The molecule has 4 heteroatoms. The number of benzene rings is 8. The number of fused-ring (bicyclic) bond motifs is 7. The van der Waals surface area contributed by atoms with Crippen LogP contribution in [-0.4, -0.2) is 18.7 Å². The van der Waals surface area contributed by atoms with Crippen molar-refractivity contribution >= 4 is 43.9 Å². The van der Waals surface area contributed by atoms with Crippen molar-refractivity contribution in [3.8, 4) is 50.7 Å².